The molecule has 0 aromatic rings. The molecule has 3 heteroatoms. The van der Waals surface area contributed by atoms with Crippen LogP contribution < -0.4 is 0 Å². The van der Waals surface area contributed by atoms with Crippen molar-refractivity contribution in [3.05, 3.63) is 0 Å². The Hall–Kier alpha value is -0.570. The monoisotopic (exact) mass is 348 g/mol. The van der Waals surface area contributed by atoms with Crippen molar-refractivity contribution in [3.63, 3.8) is 0 Å². The molecule has 142 valence electrons. The number of esters is 1. The predicted molar refractivity (Wildman–Crippen MR) is 97.9 cm³/mol. The molecule has 4 aliphatic carbocycles. The first-order valence-corrected chi connectivity index (χ1v) is 10.0. The van der Waals surface area contributed by atoms with E-state index in [4.69, 9.17) is 4.74 Å². The number of ether oxygens (including phenoxy) is 1. The highest BCUT2D eigenvalue weighted by Gasteiger charge is 3.00. The first-order valence-electron chi connectivity index (χ1n) is 10.0. The van der Waals surface area contributed by atoms with E-state index in [1.807, 2.05) is 0 Å². The van der Waals surface area contributed by atoms with Gasteiger partial charge in [-0.2, -0.15) is 0 Å². The largest absolute Gasteiger partial charge is 0.458 e. The van der Waals surface area contributed by atoms with E-state index in [1.54, 1.807) is 0 Å². The van der Waals surface area contributed by atoms with Crippen LogP contribution in [-0.2, 0) is 9.53 Å². The summed E-state index contributed by atoms with van der Waals surface area (Å²) >= 11 is 0. The summed E-state index contributed by atoms with van der Waals surface area (Å²) < 4.78 is 6.37. The normalized spacial score (nSPS) is 49.2. The zero-order valence-electron chi connectivity index (χ0n) is 17.4. The van der Waals surface area contributed by atoms with Crippen molar-refractivity contribution >= 4 is 5.97 Å². The van der Waals surface area contributed by atoms with Gasteiger partial charge in [0.05, 0.1) is 11.0 Å². The average Bonchev–Trinajstić information content (AvgIpc) is 2.30. The van der Waals surface area contributed by atoms with E-state index in [2.05, 4.69) is 55.4 Å². The van der Waals surface area contributed by atoms with Gasteiger partial charge >= 0.3 is 5.97 Å². The van der Waals surface area contributed by atoms with Crippen molar-refractivity contribution in [2.75, 3.05) is 0 Å². The molecule has 0 aliphatic heterocycles. The summed E-state index contributed by atoms with van der Waals surface area (Å²) in [6.07, 6.45) is 4.53. The van der Waals surface area contributed by atoms with Crippen LogP contribution in [0.5, 0.6) is 0 Å². The molecule has 4 fully saturated rings. The minimum absolute atomic E-state index is 0.0500. The molecule has 4 rings (SSSR count). The number of aliphatic hydroxyl groups is 1. The molecule has 0 aromatic heterocycles. The van der Waals surface area contributed by atoms with Gasteiger partial charge < -0.3 is 9.84 Å². The fourth-order valence-electron chi connectivity index (χ4n) is 8.00. The fourth-order valence-corrected chi connectivity index (χ4v) is 8.00. The summed E-state index contributed by atoms with van der Waals surface area (Å²) in [5.74, 6) is 0.521. The summed E-state index contributed by atoms with van der Waals surface area (Å²) in [6, 6.07) is 0. The van der Waals surface area contributed by atoms with Crippen molar-refractivity contribution in [1.29, 1.82) is 0 Å². The van der Waals surface area contributed by atoms with Crippen molar-refractivity contribution < 1.29 is 14.6 Å². The van der Waals surface area contributed by atoms with Gasteiger partial charge in [0.2, 0.25) is 0 Å². The van der Waals surface area contributed by atoms with Crippen LogP contribution in [-0.4, -0.2) is 22.3 Å². The first-order chi connectivity index (χ1) is 11.1. The van der Waals surface area contributed by atoms with Crippen LogP contribution in [0.1, 0.15) is 87.5 Å². The van der Waals surface area contributed by atoms with Crippen LogP contribution in [0.15, 0.2) is 0 Å². The van der Waals surface area contributed by atoms with E-state index < -0.39 is 11.0 Å². The zero-order chi connectivity index (χ0) is 18.9. The van der Waals surface area contributed by atoms with Gasteiger partial charge in [-0.25, -0.2) is 0 Å². The van der Waals surface area contributed by atoms with Crippen LogP contribution in [0.25, 0.3) is 0 Å². The maximum Gasteiger partial charge on any atom is 0.312 e. The van der Waals surface area contributed by atoms with E-state index in [9.17, 15) is 9.90 Å². The molecule has 1 spiro atoms. The van der Waals surface area contributed by atoms with Gasteiger partial charge in [0.25, 0.3) is 0 Å². The molecule has 25 heavy (non-hydrogen) atoms. The topological polar surface area (TPSA) is 46.5 Å². The second-order valence-corrected chi connectivity index (χ2v) is 12.6. The van der Waals surface area contributed by atoms with Gasteiger partial charge in [-0.05, 0) is 61.2 Å². The maximum absolute atomic E-state index is 13.5. The van der Waals surface area contributed by atoms with E-state index in [0.29, 0.717) is 5.92 Å². The molecular weight excluding hydrogens is 312 g/mol. The van der Waals surface area contributed by atoms with Crippen molar-refractivity contribution in [3.8, 4) is 0 Å². The minimum atomic E-state index is -0.550. The van der Waals surface area contributed by atoms with Crippen molar-refractivity contribution in [2.45, 2.75) is 98.7 Å². The molecule has 0 aromatic carbocycles. The van der Waals surface area contributed by atoms with Crippen LogP contribution in [0.3, 0.4) is 0 Å². The van der Waals surface area contributed by atoms with Gasteiger partial charge in [-0.3, -0.25) is 4.79 Å². The average molecular weight is 349 g/mol. The molecule has 0 amide bonds. The second-order valence-electron chi connectivity index (χ2n) is 12.6. The molecule has 0 bridgehead atoms. The van der Waals surface area contributed by atoms with Crippen molar-refractivity contribution in [1.82, 2.24) is 0 Å². The lowest BCUT2D eigenvalue weighted by atomic mass is 9.10. The smallest absolute Gasteiger partial charge is 0.312 e. The number of carbonyl (C=O) groups is 1. The minimum Gasteiger partial charge on any atom is -0.458 e. The van der Waals surface area contributed by atoms with Crippen LogP contribution in [0.4, 0.5) is 0 Å². The Kier molecular flexibility index (Phi) is 2.94. The number of rotatable bonds is 3. The van der Waals surface area contributed by atoms with Gasteiger partial charge in [0.15, 0.2) is 0 Å². The van der Waals surface area contributed by atoms with E-state index >= 15 is 0 Å². The standard InChI is InChI=1S/C22H36O3/c1-16(2,3)11-19(8,17(4,5)6)15(23)25-21-10-14-9-20(24)12-18(7,13-21)22(14,20)21/h14,24H,9-13H2,1-8H3. The van der Waals surface area contributed by atoms with Crippen LogP contribution in [0.2, 0.25) is 0 Å². The Balaban J connectivity index is 1.60. The first kappa shape index (κ1) is 17.8. The van der Waals surface area contributed by atoms with E-state index in [0.717, 1.165) is 32.1 Å². The molecule has 6 atom stereocenters. The van der Waals surface area contributed by atoms with Crippen LogP contribution >= 0.6 is 0 Å². The highest BCUT2D eigenvalue weighted by atomic mass is 16.6. The van der Waals surface area contributed by atoms with Gasteiger partial charge in [0, 0.05) is 5.41 Å². The van der Waals surface area contributed by atoms with Crippen LogP contribution in [0, 0.1) is 33.0 Å². The highest BCUT2D eigenvalue weighted by Crippen LogP contribution is 2.96. The third-order valence-electron chi connectivity index (χ3n) is 8.81. The molecule has 0 radical (unpaired) electrons. The second kappa shape index (κ2) is 4.13. The number of hydrogen-bond donors (Lipinski definition) is 1. The molecule has 0 saturated heterocycles. The summed E-state index contributed by atoms with van der Waals surface area (Å²) in [5, 5.41) is 11.0. The Bertz CT molecular complexity index is 645. The summed E-state index contributed by atoms with van der Waals surface area (Å²) in [5.41, 5.74) is -1.48. The third-order valence-corrected chi connectivity index (χ3v) is 8.81. The quantitative estimate of drug-likeness (QED) is 0.751. The molecular formula is C22H36O3. The molecule has 6 unspecified atom stereocenters. The SMILES string of the molecule is CC(C)(C)CC(C)(C(=O)OC12CC3CC4(O)CC(C)(C1)C342)C(C)(C)C. The Morgan fingerprint density at radius 2 is 1.68 bits per heavy atom. The highest BCUT2D eigenvalue weighted by molar-refractivity contribution is 5.79. The number of carbonyl (C=O) groups excluding carboxylic acids is 1. The predicted octanol–water partition coefficient (Wildman–Crippen LogP) is 4.71. The zero-order valence-corrected chi connectivity index (χ0v) is 17.4. The Morgan fingerprint density at radius 1 is 1.08 bits per heavy atom. The Labute approximate surface area is 152 Å². The summed E-state index contributed by atoms with van der Waals surface area (Å²) in [4.78, 5) is 13.5. The lowest BCUT2D eigenvalue weighted by Gasteiger charge is -2.96. The molecule has 3 nitrogen and oxygen atoms in total. The molecule has 1 N–H and O–H groups in total. The van der Waals surface area contributed by atoms with Crippen molar-refractivity contribution in [2.24, 2.45) is 33.0 Å². The molecule has 0 heterocycles. The molecule has 4 aliphatic rings. The molecule has 4 saturated carbocycles. The van der Waals surface area contributed by atoms with Gasteiger partial charge in [0.1, 0.15) is 5.60 Å². The van der Waals surface area contributed by atoms with Gasteiger partial charge in [-0.1, -0.05) is 48.5 Å². The van der Waals surface area contributed by atoms with E-state index in [-0.39, 0.29) is 33.2 Å². The van der Waals surface area contributed by atoms with E-state index in [1.165, 1.54) is 0 Å². The lowest BCUT2D eigenvalue weighted by molar-refractivity contribution is -0.536. The Morgan fingerprint density at radius 3 is 2.08 bits per heavy atom. The number of hydrogen-bond acceptors (Lipinski definition) is 3. The fraction of sp³-hybridized carbons (Fsp3) is 0.955. The lowest BCUT2D eigenvalue weighted by Crippen LogP contribution is -3.00. The summed E-state index contributed by atoms with van der Waals surface area (Å²) in [7, 11) is 0. The third kappa shape index (κ3) is 1.66. The van der Waals surface area contributed by atoms with Gasteiger partial charge in [-0.15, -0.1) is 0 Å². The summed E-state index contributed by atoms with van der Waals surface area (Å²) in [6.45, 7) is 17.4. The maximum atomic E-state index is 13.5.